The van der Waals surface area contributed by atoms with Crippen LogP contribution < -0.4 is 5.32 Å². The Morgan fingerprint density at radius 2 is 1.68 bits per heavy atom. The van der Waals surface area contributed by atoms with Gasteiger partial charge in [0.1, 0.15) is 0 Å². The summed E-state index contributed by atoms with van der Waals surface area (Å²) < 4.78 is 5.63. The Kier molecular flexibility index (Phi) is 7.76. The van der Waals surface area contributed by atoms with E-state index in [4.69, 9.17) is 4.74 Å². The van der Waals surface area contributed by atoms with Crippen LogP contribution in [0.5, 0.6) is 0 Å². The van der Waals surface area contributed by atoms with Crippen molar-refractivity contribution in [3.05, 3.63) is 35.4 Å². The van der Waals surface area contributed by atoms with Crippen LogP contribution in [-0.2, 0) is 11.2 Å². The molecule has 0 aliphatic carbocycles. The summed E-state index contributed by atoms with van der Waals surface area (Å²) in [6.07, 6.45) is 1.00. The lowest BCUT2D eigenvalue weighted by Gasteiger charge is -2.09. The minimum Gasteiger partial charge on any atom is -0.380 e. The smallest absolute Gasteiger partial charge is 0.0591 e. The molecule has 0 saturated heterocycles. The lowest BCUT2D eigenvalue weighted by Crippen LogP contribution is -2.24. The van der Waals surface area contributed by atoms with Gasteiger partial charge in [-0.25, -0.2) is 0 Å². The molecule has 0 spiro atoms. The number of hydrogen-bond acceptors (Lipinski definition) is 2. The summed E-state index contributed by atoms with van der Waals surface area (Å²) in [4.78, 5) is 0. The molecular formula is C17H29NO. The minimum absolute atomic E-state index is 0.609. The van der Waals surface area contributed by atoms with E-state index in [-0.39, 0.29) is 0 Å². The Labute approximate surface area is 118 Å². The van der Waals surface area contributed by atoms with Gasteiger partial charge in [-0.1, -0.05) is 52.0 Å². The second-order valence-electron chi connectivity index (χ2n) is 5.86. The number of rotatable bonds is 9. The van der Waals surface area contributed by atoms with Crippen LogP contribution in [0.15, 0.2) is 24.3 Å². The van der Waals surface area contributed by atoms with Crippen molar-refractivity contribution in [2.75, 3.05) is 26.3 Å². The maximum absolute atomic E-state index is 5.63. The molecule has 0 unspecified atom stereocenters. The van der Waals surface area contributed by atoms with E-state index in [1.54, 1.807) is 0 Å². The summed E-state index contributed by atoms with van der Waals surface area (Å²) in [5.74, 6) is 1.32. The summed E-state index contributed by atoms with van der Waals surface area (Å²) >= 11 is 0. The molecule has 1 aromatic rings. The average Bonchev–Trinajstić information content (AvgIpc) is 2.38. The molecule has 0 aromatic heterocycles. The van der Waals surface area contributed by atoms with Gasteiger partial charge in [-0.15, -0.1) is 0 Å². The molecule has 0 heterocycles. The molecule has 0 atom stereocenters. The monoisotopic (exact) mass is 263 g/mol. The topological polar surface area (TPSA) is 21.3 Å². The van der Waals surface area contributed by atoms with Crippen LogP contribution in [0.3, 0.4) is 0 Å². The third-order valence-corrected chi connectivity index (χ3v) is 3.16. The van der Waals surface area contributed by atoms with Crippen LogP contribution in [0.4, 0.5) is 0 Å². The zero-order valence-corrected chi connectivity index (χ0v) is 12.9. The van der Waals surface area contributed by atoms with Gasteiger partial charge in [-0.2, -0.15) is 0 Å². The highest BCUT2D eigenvalue weighted by Gasteiger charge is 1.99. The Morgan fingerprint density at radius 1 is 1.00 bits per heavy atom. The molecule has 0 aliphatic rings. The van der Waals surface area contributed by atoms with Gasteiger partial charge in [0.25, 0.3) is 0 Å². The van der Waals surface area contributed by atoms with Crippen LogP contribution in [0.25, 0.3) is 0 Å². The summed E-state index contributed by atoms with van der Waals surface area (Å²) in [7, 11) is 0. The fraction of sp³-hybridized carbons (Fsp3) is 0.647. The quantitative estimate of drug-likeness (QED) is 0.687. The minimum atomic E-state index is 0.609. The van der Waals surface area contributed by atoms with Crippen LogP contribution in [-0.4, -0.2) is 26.3 Å². The Hall–Kier alpha value is -0.860. The molecule has 0 bridgehead atoms. The first-order valence-corrected chi connectivity index (χ1v) is 7.47. The fourth-order valence-corrected chi connectivity index (χ4v) is 1.90. The van der Waals surface area contributed by atoms with Crippen molar-refractivity contribution in [1.29, 1.82) is 0 Å². The van der Waals surface area contributed by atoms with Crippen molar-refractivity contribution in [3.8, 4) is 0 Å². The van der Waals surface area contributed by atoms with Crippen LogP contribution in [0, 0.1) is 5.92 Å². The van der Waals surface area contributed by atoms with Gasteiger partial charge in [0.05, 0.1) is 13.2 Å². The van der Waals surface area contributed by atoms with Crippen LogP contribution in [0.1, 0.15) is 44.7 Å². The standard InChI is InChI=1S/C17H29NO/c1-14(2)13-18-10-12-19-11-9-16-5-7-17(8-6-16)15(3)4/h5-8,14-15,18H,9-13H2,1-4H3. The van der Waals surface area contributed by atoms with Crippen molar-refractivity contribution >= 4 is 0 Å². The highest BCUT2D eigenvalue weighted by Crippen LogP contribution is 2.14. The lowest BCUT2D eigenvalue weighted by molar-refractivity contribution is 0.138. The first kappa shape index (κ1) is 16.2. The van der Waals surface area contributed by atoms with Crippen molar-refractivity contribution < 1.29 is 4.74 Å². The van der Waals surface area contributed by atoms with Crippen molar-refractivity contribution in [2.24, 2.45) is 5.92 Å². The fourth-order valence-electron chi connectivity index (χ4n) is 1.90. The molecule has 19 heavy (non-hydrogen) atoms. The molecule has 0 radical (unpaired) electrons. The van der Waals surface area contributed by atoms with Crippen molar-refractivity contribution in [3.63, 3.8) is 0 Å². The number of benzene rings is 1. The van der Waals surface area contributed by atoms with Gasteiger partial charge in [0, 0.05) is 6.54 Å². The third kappa shape index (κ3) is 7.34. The van der Waals surface area contributed by atoms with Gasteiger partial charge in [0.15, 0.2) is 0 Å². The molecule has 0 amide bonds. The van der Waals surface area contributed by atoms with E-state index in [2.05, 4.69) is 57.3 Å². The van der Waals surface area contributed by atoms with Gasteiger partial charge >= 0.3 is 0 Å². The van der Waals surface area contributed by atoms with Crippen LogP contribution in [0.2, 0.25) is 0 Å². The predicted octanol–water partition coefficient (Wildman–Crippen LogP) is 3.61. The second kappa shape index (κ2) is 9.11. The van der Waals surface area contributed by atoms with Gasteiger partial charge < -0.3 is 10.1 Å². The lowest BCUT2D eigenvalue weighted by atomic mass is 10.0. The van der Waals surface area contributed by atoms with Gasteiger partial charge in [-0.3, -0.25) is 0 Å². The number of nitrogens with one attached hydrogen (secondary N) is 1. The molecule has 1 rings (SSSR count). The number of hydrogen-bond donors (Lipinski definition) is 1. The first-order chi connectivity index (χ1) is 9.09. The van der Waals surface area contributed by atoms with Crippen molar-refractivity contribution in [1.82, 2.24) is 5.32 Å². The highest BCUT2D eigenvalue weighted by atomic mass is 16.5. The maximum Gasteiger partial charge on any atom is 0.0591 e. The number of ether oxygens (including phenoxy) is 1. The zero-order valence-electron chi connectivity index (χ0n) is 12.9. The SMILES string of the molecule is CC(C)CNCCOCCc1ccc(C(C)C)cc1. The summed E-state index contributed by atoms with van der Waals surface area (Å²) in [5, 5.41) is 3.38. The van der Waals surface area contributed by atoms with Crippen molar-refractivity contribution in [2.45, 2.75) is 40.0 Å². The molecule has 2 nitrogen and oxygen atoms in total. The molecular weight excluding hydrogens is 234 g/mol. The van der Waals surface area contributed by atoms with Crippen LogP contribution >= 0.6 is 0 Å². The molecule has 2 heteroatoms. The predicted molar refractivity (Wildman–Crippen MR) is 82.8 cm³/mol. The van der Waals surface area contributed by atoms with Gasteiger partial charge in [0.2, 0.25) is 0 Å². The highest BCUT2D eigenvalue weighted by molar-refractivity contribution is 5.24. The average molecular weight is 263 g/mol. The third-order valence-electron chi connectivity index (χ3n) is 3.16. The molecule has 0 fully saturated rings. The summed E-state index contributed by atoms with van der Waals surface area (Å²) in [5.41, 5.74) is 2.77. The normalized spacial score (nSPS) is 11.5. The van der Waals surface area contributed by atoms with E-state index in [0.29, 0.717) is 11.8 Å². The summed E-state index contributed by atoms with van der Waals surface area (Å²) in [6, 6.07) is 8.89. The molecule has 1 N–H and O–H groups in total. The second-order valence-corrected chi connectivity index (χ2v) is 5.86. The largest absolute Gasteiger partial charge is 0.380 e. The Morgan fingerprint density at radius 3 is 2.26 bits per heavy atom. The van der Waals surface area contributed by atoms with Gasteiger partial charge in [-0.05, 0) is 35.9 Å². The Balaban J connectivity index is 2.09. The van der Waals surface area contributed by atoms with E-state index in [9.17, 15) is 0 Å². The zero-order chi connectivity index (χ0) is 14.1. The summed E-state index contributed by atoms with van der Waals surface area (Å²) in [6.45, 7) is 12.5. The van der Waals surface area contributed by atoms with E-state index >= 15 is 0 Å². The Bertz CT molecular complexity index is 330. The van der Waals surface area contributed by atoms with E-state index in [1.165, 1.54) is 11.1 Å². The maximum atomic E-state index is 5.63. The molecule has 0 saturated carbocycles. The van der Waals surface area contributed by atoms with E-state index in [1.807, 2.05) is 0 Å². The first-order valence-electron chi connectivity index (χ1n) is 7.47. The van der Waals surface area contributed by atoms with E-state index in [0.717, 1.165) is 32.7 Å². The molecule has 1 aromatic carbocycles. The molecule has 108 valence electrons. The molecule has 0 aliphatic heterocycles. The van der Waals surface area contributed by atoms with E-state index < -0.39 is 0 Å².